The summed E-state index contributed by atoms with van der Waals surface area (Å²) in [6, 6.07) is 2.57. The normalized spacial score (nSPS) is 30.2. The molecule has 0 radical (unpaired) electrons. The minimum Gasteiger partial charge on any atom is -0.305 e. The largest absolute Gasteiger partial charge is 0.305 e. The molecule has 2 atom stereocenters. The van der Waals surface area contributed by atoms with Crippen LogP contribution in [0, 0.1) is 5.82 Å². The zero-order valence-electron chi connectivity index (χ0n) is 7.26. The number of hydrogen-bond acceptors (Lipinski definition) is 2. The van der Waals surface area contributed by atoms with Crippen molar-refractivity contribution < 1.29 is 4.39 Å². The summed E-state index contributed by atoms with van der Waals surface area (Å²) in [6.45, 7) is 0. The van der Waals surface area contributed by atoms with Crippen molar-refractivity contribution >= 4 is 0 Å². The van der Waals surface area contributed by atoms with Crippen LogP contribution in [0.5, 0.6) is 0 Å². The molecular formula is C10H11FN2. The van der Waals surface area contributed by atoms with Crippen LogP contribution in [0.25, 0.3) is 0 Å². The Kier molecular flexibility index (Phi) is 1.44. The van der Waals surface area contributed by atoms with Gasteiger partial charge in [0.25, 0.3) is 0 Å². The molecule has 0 aliphatic carbocycles. The van der Waals surface area contributed by atoms with Crippen LogP contribution in [0.1, 0.15) is 30.1 Å². The van der Waals surface area contributed by atoms with Crippen LogP contribution in [0.3, 0.4) is 0 Å². The summed E-state index contributed by atoms with van der Waals surface area (Å²) in [6.07, 6.45) is 4.61. The van der Waals surface area contributed by atoms with Gasteiger partial charge < -0.3 is 5.32 Å². The van der Waals surface area contributed by atoms with Crippen molar-refractivity contribution in [2.24, 2.45) is 0 Å². The highest BCUT2D eigenvalue weighted by molar-refractivity contribution is 5.29. The third-order valence-corrected chi connectivity index (χ3v) is 3.01. The van der Waals surface area contributed by atoms with Crippen molar-refractivity contribution in [2.45, 2.75) is 31.3 Å². The second-order valence-electron chi connectivity index (χ2n) is 3.90. The zero-order valence-corrected chi connectivity index (χ0v) is 7.26. The number of fused-ring (bicyclic) bond motifs is 4. The molecule has 13 heavy (non-hydrogen) atoms. The average molecular weight is 178 g/mol. The Morgan fingerprint density at radius 2 is 2.38 bits per heavy atom. The molecule has 0 spiro atoms. The second kappa shape index (κ2) is 2.51. The fourth-order valence-electron chi connectivity index (χ4n) is 2.43. The van der Waals surface area contributed by atoms with Gasteiger partial charge in [0.05, 0.1) is 17.9 Å². The molecule has 2 aliphatic heterocycles. The van der Waals surface area contributed by atoms with Gasteiger partial charge in [-0.3, -0.25) is 4.98 Å². The van der Waals surface area contributed by atoms with E-state index in [1.54, 1.807) is 6.07 Å². The molecular weight excluding hydrogens is 167 g/mol. The quantitative estimate of drug-likeness (QED) is 0.652. The van der Waals surface area contributed by atoms with Crippen molar-refractivity contribution in [2.75, 3.05) is 0 Å². The fraction of sp³-hybridized carbons (Fsp3) is 0.500. The van der Waals surface area contributed by atoms with Crippen molar-refractivity contribution in [3.8, 4) is 0 Å². The van der Waals surface area contributed by atoms with Crippen LogP contribution < -0.4 is 5.32 Å². The van der Waals surface area contributed by atoms with E-state index in [0.29, 0.717) is 12.1 Å². The van der Waals surface area contributed by atoms with E-state index in [1.165, 1.54) is 12.6 Å². The molecule has 2 nitrogen and oxygen atoms in total. The van der Waals surface area contributed by atoms with Crippen LogP contribution in [-0.4, -0.2) is 11.0 Å². The number of aromatic nitrogens is 1. The van der Waals surface area contributed by atoms with Crippen LogP contribution in [-0.2, 0) is 6.42 Å². The molecule has 0 unspecified atom stereocenters. The maximum atomic E-state index is 12.9. The zero-order chi connectivity index (χ0) is 8.84. The highest BCUT2D eigenvalue weighted by Crippen LogP contribution is 2.34. The summed E-state index contributed by atoms with van der Waals surface area (Å²) in [5, 5.41) is 3.48. The Morgan fingerprint density at radius 3 is 3.31 bits per heavy atom. The summed E-state index contributed by atoms with van der Waals surface area (Å²) in [4.78, 5) is 4.16. The van der Waals surface area contributed by atoms with Gasteiger partial charge in [-0.25, -0.2) is 4.39 Å². The smallest absolute Gasteiger partial charge is 0.141 e. The Labute approximate surface area is 76.2 Å². The molecule has 3 heteroatoms. The molecule has 68 valence electrons. The van der Waals surface area contributed by atoms with Gasteiger partial charge in [0.15, 0.2) is 0 Å². The number of hydrogen-bond donors (Lipinski definition) is 1. The second-order valence-corrected chi connectivity index (χ2v) is 3.90. The van der Waals surface area contributed by atoms with E-state index < -0.39 is 0 Å². The third-order valence-electron chi connectivity index (χ3n) is 3.01. The first kappa shape index (κ1) is 7.44. The maximum absolute atomic E-state index is 12.9. The Balaban J connectivity index is 2.12. The predicted molar refractivity (Wildman–Crippen MR) is 46.8 cm³/mol. The maximum Gasteiger partial charge on any atom is 0.141 e. The average Bonchev–Trinajstić information content (AvgIpc) is 2.48. The van der Waals surface area contributed by atoms with E-state index in [1.807, 2.05) is 0 Å². The van der Waals surface area contributed by atoms with Gasteiger partial charge in [-0.1, -0.05) is 0 Å². The van der Waals surface area contributed by atoms with Crippen LogP contribution >= 0.6 is 0 Å². The molecule has 0 saturated carbocycles. The third kappa shape index (κ3) is 1.07. The first-order valence-corrected chi connectivity index (χ1v) is 4.73. The molecule has 1 aromatic rings. The van der Waals surface area contributed by atoms with Crippen molar-refractivity contribution in [3.63, 3.8) is 0 Å². The van der Waals surface area contributed by atoms with Gasteiger partial charge in [0.1, 0.15) is 5.82 Å². The van der Waals surface area contributed by atoms with Gasteiger partial charge in [-0.2, -0.15) is 0 Å². The number of halogens is 1. The lowest BCUT2D eigenvalue weighted by atomic mass is 10.0. The standard InChI is InChI=1S/C10H11FN2/c11-7-3-6-4-8-1-2-9(13-8)10(6)12-5-7/h3,5,8-9,13H,1-2,4H2/t8-,9+/m1/s1. The van der Waals surface area contributed by atoms with E-state index in [9.17, 15) is 4.39 Å². The lowest BCUT2D eigenvalue weighted by molar-refractivity contribution is 0.497. The summed E-state index contributed by atoms with van der Waals surface area (Å²) >= 11 is 0. The Bertz CT molecular complexity index is 351. The first-order chi connectivity index (χ1) is 6.33. The number of rotatable bonds is 0. The minimum atomic E-state index is -0.208. The first-order valence-electron chi connectivity index (χ1n) is 4.73. The molecule has 1 aromatic heterocycles. The van der Waals surface area contributed by atoms with E-state index in [2.05, 4.69) is 10.3 Å². The van der Waals surface area contributed by atoms with Gasteiger partial charge >= 0.3 is 0 Å². The summed E-state index contributed by atoms with van der Waals surface area (Å²) in [7, 11) is 0. The predicted octanol–water partition coefficient (Wildman–Crippen LogP) is 1.57. The Morgan fingerprint density at radius 1 is 1.46 bits per heavy atom. The number of nitrogens with one attached hydrogen (secondary N) is 1. The molecule has 3 rings (SSSR count). The van der Waals surface area contributed by atoms with Gasteiger partial charge in [-0.15, -0.1) is 0 Å². The highest BCUT2D eigenvalue weighted by atomic mass is 19.1. The number of pyridine rings is 1. The van der Waals surface area contributed by atoms with E-state index in [0.717, 1.165) is 24.1 Å². The van der Waals surface area contributed by atoms with Gasteiger partial charge in [-0.05, 0) is 30.9 Å². The monoisotopic (exact) mass is 178 g/mol. The summed E-state index contributed by atoms with van der Waals surface area (Å²) in [5.41, 5.74) is 2.17. The SMILES string of the molecule is Fc1cnc2c(c1)C[C@H]1CC[C@@H]2N1. The topological polar surface area (TPSA) is 24.9 Å². The van der Waals surface area contributed by atoms with Crippen molar-refractivity contribution in [1.29, 1.82) is 0 Å². The number of nitrogens with zero attached hydrogens (tertiary/aromatic N) is 1. The van der Waals surface area contributed by atoms with E-state index >= 15 is 0 Å². The van der Waals surface area contributed by atoms with Gasteiger partial charge in [0.2, 0.25) is 0 Å². The molecule has 0 amide bonds. The fourth-order valence-corrected chi connectivity index (χ4v) is 2.43. The Hall–Kier alpha value is -0.960. The van der Waals surface area contributed by atoms with Gasteiger partial charge in [0, 0.05) is 6.04 Å². The summed E-state index contributed by atoms with van der Waals surface area (Å²) in [5.74, 6) is -0.208. The van der Waals surface area contributed by atoms with E-state index in [-0.39, 0.29) is 5.82 Å². The molecule has 1 N–H and O–H groups in total. The lowest BCUT2D eigenvalue weighted by Gasteiger charge is -2.23. The van der Waals surface area contributed by atoms with Crippen LogP contribution in [0.2, 0.25) is 0 Å². The molecule has 0 aromatic carbocycles. The van der Waals surface area contributed by atoms with E-state index in [4.69, 9.17) is 0 Å². The lowest BCUT2D eigenvalue weighted by Crippen LogP contribution is -2.32. The summed E-state index contributed by atoms with van der Waals surface area (Å²) < 4.78 is 12.9. The molecule has 2 bridgehead atoms. The minimum absolute atomic E-state index is 0.208. The molecule has 2 aliphatic rings. The van der Waals surface area contributed by atoms with Crippen LogP contribution in [0.15, 0.2) is 12.3 Å². The van der Waals surface area contributed by atoms with Crippen molar-refractivity contribution in [1.82, 2.24) is 10.3 Å². The van der Waals surface area contributed by atoms with Crippen molar-refractivity contribution in [3.05, 3.63) is 29.3 Å². The molecule has 1 fully saturated rings. The molecule has 3 heterocycles. The van der Waals surface area contributed by atoms with Crippen LogP contribution in [0.4, 0.5) is 4.39 Å². The highest BCUT2D eigenvalue weighted by Gasteiger charge is 2.32. The molecule has 1 saturated heterocycles.